The zero-order valence-corrected chi connectivity index (χ0v) is 9.56. The molecule has 1 aromatic rings. The maximum atomic E-state index is 6.16. The minimum Gasteiger partial charge on any atom is -0.493 e. The van der Waals surface area contributed by atoms with Crippen molar-refractivity contribution in [1.82, 2.24) is 0 Å². The van der Waals surface area contributed by atoms with Crippen LogP contribution in [0.15, 0.2) is 36.9 Å². The van der Waals surface area contributed by atoms with Crippen LogP contribution in [0.1, 0.15) is 18.4 Å². The molecule has 0 aromatic heterocycles. The van der Waals surface area contributed by atoms with E-state index in [1.165, 1.54) is 5.56 Å². The molecule has 1 aliphatic heterocycles. The highest BCUT2D eigenvalue weighted by molar-refractivity contribution is 5.35. The first-order chi connectivity index (χ1) is 7.81. The van der Waals surface area contributed by atoms with Crippen LogP contribution in [0.5, 0.6) is 5.75 Å². The number of para-hydroxylation sites is 1. The predicted octanol–water partition coefficient (Wildman–Crippen LogP) is 2.53. The predicted molar refractivity (Wildman–Crippen MR) is 66.5 cm³/mol. The van der Waals surface area contributed by atoms with Crippen molar-refractivity contribution in [3.63, 3.8) is 0 Å². The van der Waals surface area contributed by atoms with Gasteiger partial charge >= 0.3 is 0 Å². The molecule has 0 spiro atoms. The van der Waals surface area contributed by atoms with E-state index in [9.17, 15) is 0 Å². The van der Waals surface area contributed by atoms with E-state index in [0.717, 1.165) is 31.6 Å². The summed E-state index contributed by atoms with van der Waals surface area (Å²) in [6.45, 7) is 4.47. The van der Waals surface area contributed by atoms with E-state index < -0.39 is 0 Å². The molecule has 2 unspecified atom stereocenters. The zero-order chi connectivity index (χ0) is 11.4. The molecule has 16 heavy (non-hydrogen) atoms. The Morgan fingerprint density at radius 2 is 2.31 bits per heavy atom. The maximum absolute atomic E-state index is 6.16. The summed E-state index contributed by atoms with van der Waals surface area (Å²) in [4.78, 5) is 0. The van der Waals surface area contributed by atoms with Gasteiger partial charge in [-0.1, -0.05) is 24.3 Å². The van der Waals surface area contributed by atoms with Crippen molar-refractivity contribution in [2.24, 2.45) is 11.7 Å². The van der Waals surface area contributed by atoms with Gasteiger partial charge in [0.2, 0.25) is 0 Å². The Kier molecular flexibility index (Phi) is 3.62. The number of hydrogen-bond acceptors (Lipinski definition) is 2. The van der Waals surface area contributed by atoms with Gasteiger partial charge in [0.05, 0.1) is 6.61 Å². The molecular formula is C14H19NO. The lowest BCUT2D eigenvalue weighted by Crippen LogP contribution is -2.37. The van der Waals surface area contributed by atoms with Crippen LogP contribution in [0.25, 0.3) is 0 Å². The molecule has 2 nitrogen and oxygen atoms in total. The van der Waals surface area contributed by atoms with Gasteiger partial charge in [-0.25, -0.2) is 0 Å². The number of ether oxygens (including phenoxy) is 1. The third-order valence-corrected chi connectivity index (χ3v) is 3.22. The summed E-state index contributed by atoms with van der Waals surface area (Å²) in [6, 6.07) is 8.44. The van der Waals surface area contributed by atoms with Gasteiger partial charge in [-0.3, -0.25) is 0 Å². The van der Waals surface area contributed by atoms with E-state index in [1.54, 1.807) is 0 Å². The summed E-state index contributed by atoms with van der Waals surface area (Å²) in [5.74, 6) is 1.46. The first-order valence-electron chi connectivity index (χ1n) is 5.88. The van der Waals surface area contributed by atoms with Gasteiger partial charge in [-0.2, -0.15) is 0 Å². The van der Waals surface area contributed by atoms with Gasteiger partial charge in [-0.15, -0.1) is 6.58 Å². The largest absolute Gasteiger partial charge is 0.493 e. The number of benzene rings is 1. The van der Waals surface area contributed by atoms with Crippen LogP contribution in [-0.2, 0) is 6.42 Å². The van der Waals surface area contributed by atoms with E-state index in [2.05, 4.69) is 18.7 Å². The number of rotatable bonds is 4. The second-order valence-electron chi connectivity index (χ2n) is 4.41. The summed E-state index contributed by atoms with van der Waals surface area (Å²) in [6.07, 6.45) is 4.95. The highest BCUT2D eigenvalue weighted by Gasteiger charge is 2.24. The molecule has 1 heterocycles. The second-order valence-corrected chi connectivity index (χ2v) is 4.41. The molecule has 1 aromatic carbocycles. The topological polar surface area (TPSA) is 35.2 Å². The van der Waals surface area contributed by atoms with E-state index in [0.29, 0.717) is 5.92 Å². The van der Waals surface area contributed by atoms with Gasteiger partial charge < -0.3 is 10.5 Å². The van der Waals surface area contributed by atoms with Gasteiger partial charge in [0, 0.05) is 12.0 Å². The highest BCUT2D eigenvalue weighted by Crippen LogP contribution is 2.28. The molecule has 0 radical (unpaired) electrons. The molecule has 2 rings (SSSR count). The van der Waals surface area contributed by atoms with Crippen LogP contribution in [0.3, 0.4) is 0 Å². The lowest BCUT2D eigenvalue weighted by molar-refractivity contribution is 0.196. The van der Waals surface area contributed by atoms with Gasteiger partial charge in [0.25, 0.3) is 0 Å². The molecule has 86 valence electrons. The van der Waals surface area contributed by atoms with E-state index >= 15 is 0 Å². The summed E-state index contributed by atoms with van der Waals surface area (Å²) in [7, 11) is 0. The first kappa shape index (κ1) is 11.2. The molecule has 2 N–H and O–H groups in total. The summed E-state index contributed by atoms with van der Waals surface area (Å²) in [5.41, 5.74) is 7.45. The average Bonchev–Trinajstić information content (AvgIpc) is 2.35. The van der Waals surface area contributed by atoms with Crippen LogP contribution in [0.2, 0.25) is 0 Å². The number of allylic oxidation sites excluding steroid dienone is 1. The smallest absolute Gasteiger partial charge is 0.122 e. The van der Waals surface area contributed by atoms with Crippen molar-refractivity contribution in [2.45, 2.75) is 25.3 Å². The fourth-order valence-electron chi connectivity index (χ4n) is 2.17. The van der Waals surface area contributed by atoms with Crippen molar-refractivity contribution >= 4 is 0 Å². The number of hydrogen-bond donors (Lipinski definition) is 1. The molecule has 0 fully saturated rings. The molecule has 0 saturated carbocycles. The standard InChI is InChI=1S/C14H19NO/c1-2-3-7-13(15)12-9-11-6-4-5-8-14(11)16-10-12/h2,4-6,8,12-13H,1,3,7,9-10,15H2. The summed E-state index contributed by atoms with van der Waals surface area (Å²) in [5, 5.41) is 0. The Morgan fingerprint density at radius 3 is 3.12 bits per heavy atom. The van der Waals surface area contributed by atoms with Crippen LogP contribution >= 0.6 is 0 Å². The normalized spacial score (nSPS) is 20.7. The zero-order valence-electron chi connectivity index (χ0n) is 9.56. The Balaban J connectivity index is 1.99. The molecule has 0 amide bonds. The lowest BCUT2D eigenvalue weighted by atomic mass is 9.88. The summed E-state index contributed by atoms with van der Waals surface area (Å²) < 4.78 is 5.73. The fraction of sp³-hybridized carbons (Fsp3) is 0.429. The molecule has 1 aliphatic rings. The minimum absolute atomic E-state index is 0.214. The molecule has 0 saturated heterocycles. The van der Waals surface area contributed by atoms with E-state index in [1.807, 2.05) is 18.2 Å². The monoisotopic (exact) mass is 217 g/mol. The van der Waals surface area contributed by atoms with Gasteiger partial charge in [0.1, 0.15) is 5.75 Å². The maximum Gasteiger partial charge on any atom is 0.122 e. The van der Waals surface area contributed by atoms with Crippen molar-refractivity contribution in [3.05, 3.63) is 42.5 Å². The third-order valence-electron chi connectivity index (χ3n) is 3.22. The molecule has 2 atom stereocenters. The van der Waals surface area contributed by atoms with Crippen molar-refractivity contribution in [1.29, 1.82) is 0 Å². The number of nitrogens with two attached hydrogens (primary N) is 1. The Morgan fingerprint density at radius 1 is 1.50 bits per heavy atom. The van der Waals surface area contributed by atoms with Crippen molar-refractivity contribution in [2.75, 3.05) is 6.61 Å². The average molecular weight is 217 g/mol. The molecular weight excluding hydrogens is 198 g/mol. The van der Waals surface area contributed by atoms with Gasteiger partial charge in [0.15, 0.2) is 0 Å². The van der Waals surface area contributed by atoms with Crippen LogP contribution in [-0.4, -0.2) is 12.6 Å². The Bertz CT molecular complexity index is 362. The third kappa shape index (κ3) is 2.45. The fourth-order valence-corrected chi connectivity index (χ4v) is 2.17. The SMILES string of the molecule is C=CCCC(N)C1COc2ccccc2C1. The number of fused-ring (bicyclic) bond motifs is 1. The van der Waals surface area contributed by atoms with E-state index in [-0.39, 0.29) is 6.04 Å². The van der Waals surface area contributed by atoms with Crippen LogP contribution in [0.4, 0.5) is 0 Å². The van der Waals surface area contributed by atoms with E-state index in [4.69, 9.17) is 10.5 Å². The lowest BCUT2D eigenvalue weighted by Gasteiger charge is -2.29. The quantitative estimate of drug-likeness (QED) is 0.787. The highest BCUT2D eigenvalue weighted by atomic mass is 16.5. The minimum atomic E-state index is 0.214. The molecule has 2 heteroatoms. The molecule has 0 aliphatic carbocycles. The Labute approximate surface area is 97.1 Å². The van der Waals surface area contributed by atoms with Crippen LogP contribution in [0, 0.1) is 5.92 Å². The van der Waals surface area contributed by atoms with Crippen LogP contribution < -0.4 is 10.5 Å². The first-order valence-corrected chi connectivity index (χ1v) is 5.88. The Hall–Kier alpha value is -1.28. The van der Waals surface area contributed by atoms with Gasteiger partial charge in [-0.05, 0) is 30.9 Å². The van der Waals surface area contributed by atoms with Crippen molar-refractivity contribution in [3.8, 4) is 5.75 Å². The van der Waals surface area contributed by atoms with Crippen molar-refractivity contribution < 1.29 is 4.74 Å². The second kappa shape index (κ2) is 5.17. The molecule has 0 bridgehead atoms. The summed E-state index contributed by atoms with van der Waals surface area (Å²) >= 11 is 0.